The third kappa shape index (κ3) is 4.77. The van der Waals surface area contributed by atoms with Gasteiger partial charge in [0.15, 0.2) is 0 Å². The molecule has 0 fully saturated rings. The molecule has 0 amide bonds. The van der Waals surface area contributed by atoms with E-state index in [9.17, 15) is 8.42 Å². The van der Waals surface area contributed by atoms with Gasteiger partial charge in [-0.3, -0.25) is 0 Å². The highest BCUT2D eigenvalue weighted by atomic mass is 32.2. The van der Waals surface area contributed by atoms with E-state index < -0.39 is 15.6 Å². The number of ether oxygens (including phenoxy) is 1. The summed E-state index contributed by atoms with van der Waals surface area (Å²) in [7, 11) is -3.58. The van der Waals surface area contributed by atoms with E-state index in [4.69, 9.17) is 10.5 Å². The van der Waals surface area contributed by atoms with Crippen LogP contribution in [0, 0.1) is 0 Å². The zero-order chi connectivity index (χ0) is 15.4. The lowest BCUT2D eigenvalue weighted by Crippen LogP contribution is -2.41. The molecule has 1 rings (SSSR count). The fraction of sp³-hybridized carbons (Fsp3) is 0.571. The van der Waals surface area contributed by atoms with Crippen LogP contribution in [0.2, 0.25) is 0 Å². The van der Waals surface area contributed by atoms with E-state index >= 15 is 0 Å². The maximum Gasteiger partial charge on any atom is 0.244 e. The summed E-state index contributed by atoms with van der Waals surface area (Å²) in [4.78, 5) is 0.139. The summed E-state index contributed by atoms with van der Waals surface area (Å²) in [6, 6.07) is 6.40. The number of hydrogen-bond donors (Lipinski definition) is 2. The Hall–Kier alpha value is -1.11. The van der Waals surface area contributed by atoms with Gasteiger partial charge in [-0.15, -0.1) is 0 Å². The lowest BCUT2D eigenvalue weighted by Gasteiger charge is -2.23. The van der Waals surface area contributed by atoms with E-state index in [-0.39, 0.29) is 17.5 Å². The largest absolute Gasteiger partial charge is 0.490 e. The van der Waals surface area contributed by atoms with Crippen LogP contribution in [-0.2, 0) is 10.0 Å². The highest BCUT2D eigenvalue weighted by Crippen LogP contribution is 2.24. The summed E-state index contributed by atoms with van der Waals surface area (Å²) in [6.07, 6.45) is 0.742. The fourth-order valence-corrected chi connectivity index (χ4v) is 2.91. The molecule has 0 aliphatic carbocycles. The molecule has 0 heterocycles. The van der Waals surface area contributed by atoms with Gasteiger partial charge in [0.25, 0.3) is 0 Å². The van der Waals surface area contributed by atoms with Crippen molar-refractivity contribution < 1.29 is 13.2 Å². The molecule has 1 aromatic rings. The van der Waals surface area contributed by atoms with E-state index in [1.165, 1.54) is 6.07 Å². The van der Waals surface area contributed by atoms with E-state index in [0.29, 0.717) is 5.75 Å². The van der Waals surface area contributed by atoms with E-state index in [1.54, 1.807) is 32.0 Å². The van der Waals surface area contributed by atoms with Gasteiger partial charge in [0.1, 0.15) is 17.3 Å². The molecule has 6 heteroatoms. The number of hydrogen-bond acceptors (Lipinski definition) is 4. The van der Waals surface area contributed by atoms with E-state index in [1.807, 2.05) is 13.8 Å². The second-order valence-corrected chi connectivity index (χ2v) is 7.20. The van der Waals surface area contributed by atoms with Crippen LogP contribution < -0.4 is 15.2 Å². The van der Waals surface area contributed by atoms with Gasteiger partial charge in [0.2, 0.25) is 10.0 Å². The Balaban J connectivity index is 3.00. The molecule has 0 aliphatic heterocycles. The molecule has 0 saturated heterocycles. The summed E-state index contributed by atoms with van der Waals surface area (Å²) in [5, 5.41) is 0. The Labute approximate surface area is 121 Å². The smallest absolute Gasteiger partial charge is 0.244 e. The van der Waals surface area contributed by atoms with Crippen molar-refractivity contribution in [3.63, 3.8) is 0 Å². The number of sulfonamides is 1. The molecule has 0 aliphatic rings. The quantitative estimate of drug-likeness (QED) is 0.805. The number of rotatable bonds is 7. The normalized spacial score (nSPS) is 15.1. The number of nitrogens with two attached hydrogens (primary N) is 1. The van der Waals surface area contributed by atoms with Gasteiger partial charge in [0.05, 0.1) is 0 Å². The molecule has 3 N–H and O–H groups in total. The Morgan fingerprint density at radius 2 is 1.95 bits per heavy atom. The highest BCUT2D eigenvalue weighted by molar-refractivity contribution is 7.89. The molecule has 1 atom stereocenters. The van der Waals surface area contributed by atoms with Gasteiger partial charge in [0, 0.05) is 11.6 Å². The van der Waals surface area contributed by atoms with Gasteiger partial charge >= 0.3 is 0 Å². The molecule has 114 valence electrons. The van der Waals surface area contributed by atoms with Gasteiger partial charge in [-0.05, 0) is 39.3 Å². The lowest BCUT2D eigenvalue weighted by molar-refractivity contribution is 0.221. The van der Waals surface area contributed by atoms with E-state index in [2.05, 4.69) is 4.72 Å². The molecule has 0 aromatic heterocycles. The third-order valence-electron chi connectivity index (χ3n) is 2.89. The topological polar surface area (TPSA) is 81.4 Å². The standard InChI is InChI=1S/C14H24N2O3S/c1-5-14(4,15)10-19-12-8-6-7-9-13(12)20(17,18)16-11(2)3/h6-9,11,16H,5,10,15H2,1-4H3. The van der Waals surface area contributed by atoms with Crippen molar-refractivity contribution in [3.8, 4) is 5.75 Å². The van der Waals surface area contributed by atoms with Crippen LogP contribution in [0.4, 0.5) is 0 Å². The monoisotopic (exact) mass is 300 g/mol. The molecule has 20 heavy (non-hydrogen) atoms. The molecule has 0 saturated carbocycles. The first-order valence-electron chi connectivity index (χ1n) is 6.71. The van der Waals surface area contributed by atoms with Crippen molar-refractivity contribution in [2.75, 3.05) is 6.61 Å². The van der Waals surface area contributed by atoms with Gasteiger partial charge in [-0.1, -0.05) is 19.1 Å². The first-order valence-corrected chi connectivity index (χ1v) is 8.19. The molecule has 1 unspecified atom stereocenters. The van der Waals surface area contributed by atoms with Gasteiger partial charge in [-0.25, -0.2) is 13.1 Å². The van der Waals surface area contributed by atoms with Crippen LogP contribution in [0.5, 0.6) is 5.75 Å². The van der Waals surface area contributed by atoms with Crippen molar-refractivity contribution in [1.29, 1.82) is 0 Å². The molecule has 1 aromatic carbocycles. The van der Waals surface area contributed by atoms with Crippen molar-refractivity contribution >= 4 is 10.0 Å². The number of nitrogens with one attached hydrogen (secondary N) is 1. The minimum Gasteiger partial charge on any atom is -0.490 e. The van der Waals surface area contributed by atoms with Crippen molar-refractivity contribution in [3.05, 3.63) is 24.3 Å². The predicted octanol–water partition coefficient (Wildman–Crippen LogP) is 1.88. The average Bonchev–Trinajstić information content (AvgIpc) is 2.35. The number of benzene rings is 1. The van der Waals surface area contributed by atoms with Crippen LogP contribution in [0.1, 0.15) is 34.1 Å². The zero-order valence-electron chi connectivity index (χ0n) is 12.5. The first-order chi connectivity index (χ1) is 9.18. The molecule has 0 radical (unpaired) electrons. The summed E-state index contributed by atoms with van der Waals surface area (Å²) in [5.74, 6) is 0.325. The SMILES string of the molecule is CCC(C)(N)COc1ccccc1S(=O)(=O)NC(C)C. The average molecular weight is 300 g/mol. The lowest BCUT2D eigenvalue weighted by atomic mass is 10.0. The van der Waals surface area contributed by atoms with Crippen molar-refractivity contribution in [1.82, 2.24) is 4.72 Å². The molecule has 0 bridgehead atoms. The van der Waals surface area contributed by atoms with Crippen LogP contribution in [0.3, 0.4) is 0 Å². The maximum atomic E-state index is 12.2. The van der Waals surface area contributed by atoms with Crippen molar-refractivity contribution in [2.45, 2.75) is 50.6 Å². The maximum absolute atomic E-state index is 12.2. The second-order valence-electron chi connectivity index (χ2n) is 5.52. The van der Waals surface area contributed by atoms with Crippen molar-refractivity contribution in [2.24, 2.45) is 5.73 Å². The van der Waals surface area contributed by atoms with Gasteiger partial charge < -0.3 is 10.5 Å². The predicted molar refractivity (Wildman–Crippen MR) is 80.3 cm³/mol. The van der Waals surface area contributed by atoms with Gasteiger partial charge in [-0.2, -0.15) is 0 Å². The Kier molecular flexibility index (Phi) is 5.56. The number of para-hydroxylation sites is 1. The third-order valence-corrected chi connectivity index (χ3v) is 4.59. The van der Waals surface area contributed by atoms with Crippen LogP contribution in [0.25, 0.3) is 0 Å². The first kappa shape index (κ1) is 16.9. The highest BCUT2D eigenvalue weighted by Gasteiger charge is 2.22. The molecule has 5 nitrogen and oxygen atoms in total. The van der Waals surface area contributed by atoms with Crippen LogP contribution in [-0.4, -0.2) is 26.6 Å². The fourth-order valence-electron chi connectivity index (χ4n) is 1.51. The second kappa shape index (κ2) is 6.56. The zero-order valence-corrected chi connectivity index (χ0v) is 13.3. The molecular formula is C14H24N2O3S. The Morgan fingerprint density at radius 1 is 1.35 bits per heavy atom. The van der Waals surface area contributed by atoms with Crippen LogP contribution in [0.15, 0.2) is 29.2 Å². The molecular weight excluding hydrogens is 276 g/mol. The van der Waals surface area contributed by atoms with Crippen LogP contribution >= 0.6 is 0 Å². The minimum absolute atomic E-state index is 0.139. The Bertz CT molecular complexity index is 539. The van der Waals surface area contributed by atoms with E-state index in [0.717, 1.165) is 6.42 Å². The summed E-state index contributed by atoms with van der Waals surface area (Å²) < 4.78 is 32.6. The summed E-state index contributed by atoms with van der Waals surface area (Å²) >= 11 is 0. The Morgan fingerprint density at radius 3 is 2.50 bits per heavy atom. The summed E-state index contributed by atoms with van der Waals surface area (Å²) in [5.41, 5.74) is 5.53. The molecule has 0 spiro atoms. The summed E-state index contributed by atoms with van der Waals surface area (Å²) in [6.45, 7) is 7.64. The minimum atomic E-state index is -3.58.